The van der Waals surface area contributed by atoms with E-state index in [0.717, 1.165) is 16.3 Å². The van der Waals surface area contributed by atoms with E-state index in [1.807, 2.05) is 24.3 Å². The van der Waals surface area contributed by atoms with Gasteiger partial charge in [0.2, 0.25) is 0 Å². The Hall–Kier alpha value is -2.34. The van der Waals surface area contributed by atoms with E-state index in [9.17, 15) is 13.6 Å². The fraction of sp³-hybridized carbons (Fsp3) is 0. The number of thiazole rings is 1. The third-order valence-electron chi connectivity index (χ3n) is 2.71. The molecule has 6 heteroatoms. The van der Waals surface area contributed by atoms with Crippen molar-refractivity contribution in [3.63, 3.8) is 0 Å². The molecule has 0 unspecified atom stereocenters. The third-order valence-corrected chi connectivity index (χ3v) is 3.66. The topological polar surface area (TPSA) is 42.0 Å². The number of anilines is 1. The second-order valence-electron chi connectivity index (χ2n) is 4.04. The first kappa shape index (κ1) is 12.7. The number of hydrogen-bond acceptors (Lipinski definition) is 3. The lowest BCUT2D eigenvalue weighted by molar-refractivity contribution is 0.102. The second-order valence-corrected chi connectivity index (χ2v) is 5.07. The van der Waals surface area contributed by atoms with Gasteiger partial charge in [0, 0.05) is 0 Å². The number of hydrogen-bond donors (Lipinski definition) is 1. The van der Waals surface area contributed by atoms with Gasteiger partial charge in [0.1, 0.15) is 0 Å². The monoisotopic (exact) mass is 290 g/mol. The van der Waals surface area contributed by atoms with Crippen LogP contribution in [0.5, 0.6) is 0 Å². The van der Waals surface area contributed by atoms with Crippen molar-refractivity contribution in [1.82, 2.24) is 4.98 Å². The van der Waals surface area contributed by atoms with Crippen LogP contribution >= 0.6 is 11.3 Å². The fourth-order valence-corrected chi connectivity index (χ4v) is 2.63. The van der Waals surface area contributed by atoms with Gasteiger partial charge in [0.05, 0.1) is 15.8 Å². The number of carbonyl (C=O) groups excluding carboxylic acids is 1. The molecule has 0 saturated heterocycles. The van der Waals surface area contributed by atoms with Crippen molar-refractivity contribution < 1.29 is 13.6 Å². The van der Waals surface area contributed by atoms with Gasteiger partial charge in [-0.2, -0.15) is 0 Å². The highest BCUT2D eigenvalue weighted by molar-refractivity contribution is 7.22. The molecule has 0 aliphatic heterocycles. The number of nitrogens with zero attached hydrogens (tertiary/aromatic N) is 1. The fourth-order valence-electron chi connectivity index (χ4n) is 1.77. The summed E-state index contributed by atoms with van der Waals surface area (Å²) < 4.78 is 27.5. The molecule has 0 aliphatic carbocycles. The number of carbonyl (C=O) groups is 1. The predicted octanol–water partition coefficient (Wildman–Crippen LogP) is 3.83. The summed E-state index contributed by atoms with van der Waals surface area (Å²) in [5.41, 5.74) is 0.400. The molecule has 3 aromatic rings. The van der Waals surface area contributed by atoms with Gasteiger partial charge in [-0.15, -0.1) is 0 Å². The molecule has 0 spiro atoms. The number of halogens is 2. The van der Waals surface area contributed by atoms with Crippen LogP contribution in [-0.4, -0.2) is 10.9 Å². The van der Waals surface area contributed by atoms with E-state index in [1.54, 1.807) is 0 Å². The first-order valence-electron chi connectivity index (χ1n) is 5.76. The molecule has 1 N–H and O–H groups in total. The van der Waals surface area contributed by atoms with Crippen molar-refractivity contribution in [2.24, 2.45) is 0 Å². The van der Waals surface area contributed by atoms with Crippen molar-refractivity contribution in [2.75, 3.05) is 5.32 Å². The Morgan fingerprint density at radius 1 is 1.10 bits per heavy atom. The molecule has 2 aromatic carbocycles. The Morgan fingerprint density at radius 3 is 2.70 bits per heavy atom. The van der Waals surface area contributed by atoms with Gasteiger partial charge in [0.15, 0.2) is 16.8 Å². The van der Waals surface area contributed by atoms with E-state index >= 15 is 0 Å². The van der Waals surface area contributed by atoms with Gasteiger partial charge in [-0.25, -0.2) is 13.8 Å². The lowest BCUT2D eigenvalue weighted by atomic mass is 10.2. The van der Waals surface area contributed by atoms with E-state index in [0.29, 0.717) is 5.13 Å². The van der Waals surface area contributed by atoms with Gasteiger partial charge in [-0.3, -0.25) is 10.1 Å². The van der Waals surface area contributed by atoms with Crippen LogP contribution in [0.15, 0.2) is 42.5 Å². The summed E-state index contributed by atoms with van der Waals surface area (Å²) in [6.07, 6.45) is 0. The van der Waals surface area contributed by atoms with Gasteiger partial charge < -0.3 is 0 Å². The first-order valence-corrected chi connectivity index (χ1v) is 6.58. The van der Waals surface area contributed by atoms with Crippen molar-refractivity contribution in [1.29, 1.82) is 0 Å². The van der Waals surface area contributed by atoms with Gasteiger partial charge in [-0.1, -0.05) is 29.5 Å². The summed E-state index contributed by atoms with van der Waals surface area (Å²) in [6.45, 7) is 0. The molecule has 1 amide bonds. The quantitative estimate of drug-likeness (QED) is 0.779. The highest BCUT2D eigenvalue weighted by atomic mass is 32.1. The van der Waals surface area contributed by atoms with E-state index < -0.39 is 17.5 Å². The highest BCUT2D eigenvalue weighted by Crippen LogP contribution is 2.26. The first-order chi connectivity index (χ1) is 9.65. The average molecular weight is 290 g/mol. The summed E-state index contributed by atoms with van der Waals surface area (Å²) in [7, 11) is 0. The molecule has 1 aromatic heterocycles. The molecule has 1 heterocycles. The number of fused-ring (bicyclic) bond motifs is 1. The van der Waals surface area contributed by atoms with Crippen molar-refractivity contribution in [3.8, 4) is 0 Å². The molecule has 20 heavy (non-hydrogen) atoms. The standard InChI is InChI=1S/C14H8F2N2OS/c15-9-5-3-4-8(12(9)16)13(19)18-14-17-10-6-1-2-7-11(10)20-14/h1-7H,(H,17,18,19). The molecule has 0 saturated carbocycles. The van der Waals surface area contributed by atoms with Gasteiger partial charge in [0.25, 0.3) is 5.91 Å². The molecule has 0 atom stereocenters. The van der Waals surface area contributed by atoms with Crippen molar-refractivity contribution in [2.45, 2.75) is 0 Å². The zero-order valence-corrected chi connectivity index (χ0v) is 10.9. The Balaban J connectivity index is 1.90. The molecule has 0 fully saturated rings. The molecule has 0 radical (unpaired) electrons. The van der Waals surface area contributed by atoms with Crippen LogP contribution in [0.25, 0.3) is 10.2 Å². The van der Waals surface area contributed by atoms with Crippen LogP contribution < -0.4 is 5.32 Å². The largest absolute Gasteiger partial charge is 0.298 e. The Kier molecular flexibility index (Phi) is 3.15. The maximum atomic E-state index is 13.5. The highest BCUT2D eigenvalue weighted by Gasteiger charge is 2.16. The van der Waals surface area contributed by atoms with Crippen LogP contribution in [0.1, 0.15) is 10.4 Å². The van der Waals surface area contributed by atoms with Crippen molar-refractivity contribution in [3.05, 3.63) is 59.7 Å². The lowest BCUT2D eigenvalue weighted by Gasteiger charge is -2.03. The summed E-state index contributed by atoms with van der Waals surface area (Å²) in [5.74, 6) is -2.94. The molecular weight excluding hydrogens is 282 g/mol. The summed E-state index contributed by atoms with van der Waals surface area (Å²) in [4.78, 5) is 16.1. The number of rotatable bonds is 2. The molecule has 3 nitrogen and oxygen atoms in total. The maximum Gasteiger partial charge on any atom is 0.260 e. The Bertz CT molecular complexity index is 768. The number of para-hydroxylation sites is 1. The van der Waals surface area contributed by atoms with E-state index in [2.05, 4.69) is 10.3 Å². The zero-order valence-electron chi connectivity index (χ0n) is 10.1. The molecular formula is C14H8F2N2OS. The van der Waals surface area contributed by atoms with Crippen molar-refractivity contribution >= 4 is 32.6 Å². The third kappa shape index (κ3) is 2.25. The van der Waals surface area contributed by atoms with Gasteiger partial charge >= 0.3 is 0 Å². The lowest BCUT2D eigenvalue weighted by Crippen LogP contribution is -2.14. The van der Waals surface area contributed by atoms with Crippen LogP contribution in [0.2, 0.25) is 0 Å². The molecule has 0 aliphatic rings. The summed E-state index contributed by atoms with van der Waals surface area (Å²) >= 11 is 1.27. The van der Waals surface area contributed by atoms with Crippen LogP contribution in [0, 0.1) is 11.6 Å². The Morgan fingerprint density at radius 2 is 1.90 bits per heavy atom. The van der Waals surface area contributed by atoms with Gasteiger partial charge in [-0.05, 0) is 24.3 Å². The van der Waals surface area contributed by atoms with Crippen LogP contribution in [0.4, 0.5) is 13.9 Å². The Labute approximate surface area is 116 Å². The minimum Gasteiger partial charge on any atom is -0.298 e. The number of aromatic nitrogens is 1. The summed E-state index contributed by atoms with van der Waals surface area (Å²) in [6, 6.07) is 10.8. The molecule has 100 valence electrons. The molecule has 0 bridgehead atoms. The number of benzene rings is 2. The second kappa shape index (κ2) is 4.97. The normalized spacial score (nSPS) is 10.7. The van der Waals surface area contributed by atoms with Crippen LogP contribution in [-0.2, 0) is 0 Å². The zero-order chi connectivity index (χ0) is 14.1. The smallest absolute Gasteiger partial charge is 0.260 e. The minimum absolute atomic E-state index is 0.343. The summed E-state index contributed by atoms with van der Waals surface area (Å²) in [5, 5.41) is 2.82. The SMILES string of the molecule is O=C(Nc1nc2ccccc2s1)c1cccc(F)c1F. The van der Waals surface area contributed by atoms with Crippen LogP contribution in [0.3, 0.4) is 0 Å². The minimum atomic E-state index is -1.16. The van der Waals surface area contributed by atoms with E-state index in [-0.39, 0.29) is 5.56 Å². The predicted molar refractivity (Wildman–Crippen MR) is 73.9 cm³/mol. The number of amides is 1. The maximum absolute atomic E-state index is 13.5. The number of nitrogens with one attached hydrogen (secondary N) is 1. The molecule has 3 rings (SSSR count). The van der Waals surface area contributed by atoms with E-state index in [4.69, 9.17) is 0 Å². The average Bonchev–Trinajstić information content (AvgIpc) is 2.83. The van der Waals surface area contributed by atoms with E-state index in [1.165, 1.54) is 23.5 Å².